The van der Waals surface area contributed by atoms with Crippen molar-refractivity contribution in [1.82, 2.24) is 0 Å². The minimum absolute atomic E-state index is 0. The molecule has 0 amide bonds. The number of rotatable bonds is 3. The van der Waals surface area contributed by atoms with E-state index in [1.807, 2.05) is 6.07 Å². The Morgan fingerprint density at radius 1 is 0.947 bits per heavy atom. The van der Waals surface area contributed by atoms with E-state index in [1.165, 1.54) is 41.5 Å². The third-order valence-electron chi connectivity index (χ3n) is 3.85. The van der Waals surface area contributed by atoms with Crippen molar-refractivity contribution in [2.75, 3.05) is 0 Å². The number of benzene rings is 2. The van der Waals surface area contributed by atoms with Gasteiger partial charge in [0.25, 0.3) is 0 Å². The highest BCUT2D eigenvalue weighted by atomic mass is 35.5. The van der Waals surface area contributed by atoms with Crippen LogP contribution >= 0.6 is 12.4 Å². The van der Waals surface area contributed by atoms with Gasteiger partial charge in [-0.3, -0.25) is 0 Å². The minimum atomic E-state index is 0. The normalized spacial score (nSPS) is 14.6. The summed E-state index contributed by atoms with van der Waals surface area (Å²) in [5.74, 6) is 0. The maximum absolute atomic E-state index is 6.32. The van der Waals surface area contributed by atoms with E-state index in [9.17, 15) is 0 Å². The van der Waals surface area contributed by atoms with Crippen LogP contribution in [0.3, 0.4) is 0 Å². The van der Waals surface area contributed by atoms with Crippen LogP contribution in [0.25, 0.3) is 0 Å². The van der Waals surface area contributed by atoms with E-state index in [2.05, 4.69) is 42.5 Å². The van der Waals surface area contributed by atoms with Gasteiger partial charge in [0, 0.05) is 6.04 Å². The summed E-state index contributed by atoms with van der Waals surface area (Å²) < 4.78 is 0. The summed E-state index contributed by atoms with van der Waals surface area (Å²) >= 11 is 0. The van der Waals surface area contributed by atoms with Crippen molar-refractivity contribution in [2.24, 2.45) is 5.73 Å². The van der Waals surface area contributed by atoms with E-state index >= 15 is 0 Å². The smallest absolute Gasteiger partial charge is 0.0335 e. The van der Waals surface area contributed by atoms with Crippen molar-refractivity contribution < 1.29 is 0 Å². The predicted molar refractivity (Wildman–Crippen MR) is 82.8 cm³/mol. The number of halogens is 1. The summed E-state index contributed by atoms with van der Waals surface area (Å²) in [6.45, 7) is 0. The largest absolute Gasteiger partial charge is 0.324 e. The molecule has 19 heavy (non-hydrogen) atoms. The number of hydrogen-bond donors (Lipinski definition) is 1. The number of nitrogens with two attached hydrogens (primary N) is 1. The summed E-state index contributed by atoms with van der Waals surface area (Å²) in [6, 6.07) is 17.4. The second-order valence-electron chi connectivity index (χ2n) is 5.18. The van der Waals surface area contributed by atoms with Gasteiger partial charge in [0.2, 0.25) is 0 Å². The van der Waals surface area contributed by atoms with Gasteiger partial charge in [0.1, 0.15) is 0 Å². The molecule has 1 nitrogen and oxygen atoms in total. The lowest BCUT2D eigenvalue weighted by molar-refractivity contribution is 0.720. The molecule has 1 atom stereocenters. The Kier molecular flexibility index (Phi) is 4.62. The van der Waals surface area contributed by atoms with Crippen LogP contribution < -0.4 is 5.73 Å². The predicted octanol–water partition coefficient (Wildman–Crippen LogP) is 3.84. The molecule has 100 valence electrons. The molecule has 0 fully saturated rings. The molecule has 0 radical (unpaired) electrons. The molecule has 0 bridgehead atoms. The molecule has 3 rings (SSSR count). The van der Waals surface area contributed by atoms with E-state index in [1.54, 1.807) is 0 Å². The molecule has 2 heteroatoms. The molecule has 2 aromatic rings. The molecule has 0 saturated carbocycles. The first-order chi connectivity index (χ1) is 8.83. The summed E-state index contributed by atoms with van der Waals surface area (Å²) in [6.07, 6.45) is 4.68. The fourth-order valence-corrected chi connectivity index (χ4v) is 2.81. The fraction of sp³-hybridized carbons (Fsp3) is 0.294. The number of fused-ring (bicyclic) bond motifs is 1. The van der Waals surface area contributed by atoms with E-state index in [0.717, 1.165) is 6.42 Å². The lowest BCUT2D eigenvalue weighted by atomic mass is 9.97. The van der Waals surface area contributed by atoms with Crippen LogP contribution in [0.4, 0.5) is 0 Å². The zero-order valence-corrected chi connectivity index (χ0v) is 11.8. The molecular weight excluding hydrogens is 254 g/mol. The zero-order chi connectivity index (χ0) is 12.4. The molecule has 2 N–H and O–H groups in total. The Morgan fingerprint density at radius 3 is 2.47 bits per heavy atom. The van der Waals surface area contributed by atoms with Crippen LogP contribution in [-0.2, 0) is 19.3 Å². The van der Waals surface area contributed by atoms with Crippen LogP contribution in [0.15, 0.2) is 48.5 Å². The second kappa shape index (κ2) is 6.23. The van der Waals surface area contributed by atoms with Gasteiger partial charge in [-0.25, -0.2) is 0 Å². The lowest BCUT2D eigenvalue weighted by Crippen LogP contribution is -2.13. The molecule has 1 aliphatic rings. The van der Waals surface area contributed by atoms with Gasteiger partial charge in [-0.05, 0) is 47.9 Å². The summed E-state index contributed by atoms with van der Waals surface area (Å²) in [5.41, 5.74) is 11.9. The molecule has 1 unspecified atom stereocenters. The van der Waals surface area contributed by atoms with Gasteiger partial charge in [-0.15, -0.1) is 12.4 Å². The van der Waals surface area contributed by atoms with Crippen LogP contribution in [0, 0.1) is 0 Å². The summed E-state index contributed by atoms with van der Waals surface area (Å²) in [7, 11) is 0. The van der Waals surface area contributed by atoms with Gasteiger partial charge in [0.15, 0.2) is 0 Å². The molecule has 0 heterocycles. The molecule has 0 aliphatic heterocycles. The van der Waals surface area contributed by atoms with Gasteiger partial charge >= 0.3 is 0 Å². The lowest BCUT2D eigenvalue weighted by Gasteiger charge is -2.13. The Hall–Kier alpha value is -1.31. The monoisotopic (exact) mass is 273 g/mol. The maximum Gasteiger partial charge on any atom is 0.0335 e. The number of hydrogen-bond acceptors (Lipinski definition) is 1. The second-order valence-corrected chi connectivity index (χ2v) is 5.18. The third kappa shape index (κ3) is 3.17. The van der Waals surface area contributed by atoms with Crippen molar-refractivity contribution in [1.29, 1.82) is 0 Å². The fourth-order valence-electron chi connectivity index (χ4n) is 2.81. The van der Waals surface area contributed by atoms with Gasteiger partial charge in [0.05, 0.1) is 0 Å². The average Bonchev–Trinajstić information content (AvgIpc) is 2.87. The quantitative estimate of drug-likeness (QED) is 0.903. The number of aryl methyl sites for hydroxylation is 2. The van der Waals surface area contributed by atoms with Gasteiger partial charge in [-0.1, -0.05) is 48.5 Å². The molecule has 1 aliphatic carbocycles. The van der Waals surface area contributed by atoms with Crippen molar-refractivity contribution in [3.05, 3.63) is 70.8 Å². The Bertz CT molecular complexity index is 536. The minimum Gasteiger partial charge on any atom is -0.324 e. The van der Waals surface area contributed by atoms with Crippen molar-refractivity contribution in [3.8, 4) is 0 Å². The highest BCUT2D eigenvalue weighted by Gasteiger charge is 2.13. The first kappa shape index (κ1) is 14.1. The molecule has 0 spiro atoms. The van der Waals surface area contributed by atoms with Crippen LogP contribution in [0.5, 0.6) is 0 Å². The SMILES string of the molecule is Cl.NC(Cc1ccccc1)c1ccc2c(c1)CCC2. The van der Waals surface area contributed by atoms with Crippen LogP contribution in [-0.4, -0.2) is 0 Å². The zero-order valence-electron chi connectivity index (χ0n) is 11.0. The van der Waals surface area contributed by atoms with E-state index in [-0.39, 0.29) is 18.4 Å². The highest BCUT2D eigenvalue weighted by Crippen LogP contribution is 2.25. The Morgan fingerprint density at radius 2 is 1.68 bits per heavy atom. The van der Waals surface area contributed by atoms with Gasteiger partial charge in [-0.2, -0.15) is 0 Å². The molecular formula is C17H20ClN. The third-order valence-corrected chi connectivity index (χ3v) is 3.85. The highest BCUT2D eigenvalue weighted by molar-refractivity contribution is 5.85. The topological polar surface area (TPSA) is 26.0 Å². The molecule has 2 aromatic carbocycles. The van der Waals surface area contributed by atoms with Crippen LogP contribution in [0.1, 0.15) is 34.7 Å². The Balaban J connectivity index is 0.00000133. The molecule has 0 aromatic heterocycles. The van der Waals surface area contributed by atoms with E-state index < -0.39 is 0 Å². The first-order valence-electron chi connectivity index (χ1n) is 6.74. The summed E-state index contributed by atoms with van der Waals surface area (Å²) in [5, 5.41) is 0. The van der Waals surface area contributed by atoms with Crippen molar-refractivity contribution >= 4 is 12.4 Å². The average molecular weight is 274 g/mol. The maximum atomic E-state index is 6.32. The van der Waals surface area contributed by atoms with Gasteiger partial charge < -0.3 is 5.73 Å². The van der Waals surface area contributed by atoms with Crippen molar-refractivity contribution in [3.63, 3.8) is 0 Å². The Labute approximate surface area is 121 Å². The first-order valence-corrected chi connectivity index (χ1v) is 6.74. The van der Waals surface area contributed by atoms with E-state index in [4.69, 9.17) is 5.73 Å². The summed E-state index contributed by atoms with van der Waals surface area (Å²) in [4.78, 5) is 0. The molecule has 0 saturated heterocycles. The van der Waals surface area contributed by atoms with Crippen LogP contribution in [0.2, 0.25) is 0 Å². The standard InChI is InChI=1S/C17H19N.ClH/c18-17(11-13-5-2-1-3-6-13)16-10-9-14-7-4-8-15(14)12-16;/h1-3,5-6,9-10,12,17H,4,7-8,11,18H2;1H. The van der Waals surface area contributed by atoms with Crippen molar-refractivity contribution in [2.45, 2.75) is 31.7 Å². The van der Waals surface area contributed by atoms with E-state index in [0.29, 0.717) is 0 Å².